The number of likely N-dealkylation sites (tertiary alicyclic amines) is 1. The third-order valence-corrected chi connectivity index (χ3v) is 4.75. The average Bonchev–Trinajstić information content (AvgIpc) is 2.88. The second-order valence-electron chi connectivity index (χ2n) is 5.95. The zero-order valence-electron chi connectivity index (χ0n) is 12.2. The number of nitro benzene ring substituents is 1. The van der Waals surface area contributed by atoms with Crippen LogP contribution in [-0.2, 0) is 6.54 Å². The highest BCUT2D eigenvalue weighted by atomic mass is 35.5. The third kappa shape index (κ3) is 3.36. The van der Waals surface area contributed by atoms with E-state index in [-0.39, 0.29) is 23.0 Å². The summed E-state index contributed by atoms with van der Waals surface area (Å²) in [6.07, 6.45) is 2.45. The molecule has 1 N–H and O–H groups in total. The standard InChI is InChI=1S/C15H21N3O2.ClH/c1-11-12(3-2-4-15(11)18(19)20)9-17-8-6-14-13(10-17)5-7-16-14;/h2-4,13-14,16H,5-10H2,1H3;1H. The number of piperidine rings is 1. The monoisotopic (exact) mass is 311 g/mol. The Morgan fingerprint density at radius 3 is 3.00 bits per heavy atom. The van der Waals surface area contributed by atoms with Crippen LogP contribution in [0.1, 0.15) is 24.0 Å². The molecule has 0 saturated carbocycles. The first-order valence-corrected chi connectivity index (χ1v) is 7.34. The summed E-state index contributed by atoms with van der Waals surface area (Å²) in [7, 11) is 0. The van der Waals surface area contributed by atoms with Crippen molar-refractivity contribution in [3.05, 3.63) is 39.4 Å². The van der Waals surface area contributed by atoms with Crippen LogP contribution in [0.3, 0.4) is 0 Å². The van der Waals surface area contributed by atoms with E-state index in [4.69, 9.17) is 0 Å². The van der Waals surface area contributed by atoms with Gasteiger partial charge >= 0.3 is 0 Å². The van der Waals surface area contributed by atoms with Crippen LogP contribution in [0.4, 0.5) is 5.69 Å². The Labute approximate surface area is 131 Å². The second kappa shape index (κ2) is 6.73. The summed E-state index contributed by atoms with van der Waals surface area (Å²) in [6, 6.07) is 6.09. The van der Waals surface area contributed by atoms with Gasteiger partial charge in [0, 0.05) is 30.8 Å². The molecule has 6 heteroatoms. The summed E-state index contributed by atoms with van der Waals surface area (Å²) >= 11 is 0. The zero-order valence-corrected chi connectivity index (χ0v) is 13.1. The molecule has 0 aliphatic carbocycles. The van der Waals surface area contributed by atoms with Crippen molar-refractivity contribution >= 4 is 18.1 Å². The van der Waals surface area contributed by atoms with Crippen LogP contribution in [0.5, 0.6) is 0 Å². The van der Waals surface area contributed by atoms with E-state index in [0.717, 1.165) is 43.2 Å². The summed E-state index contributed by atoms with van der Waals surface area (Å²) in [5.74, 6) is 0.753. The second-order valence-corrected chi connectivity index (χ2v) is 5.95. The molecule has 0 radical (unpaired) electrons. The lowest BCUT2D eigenvalue weighted by Crippen LogP contribution is -2.44. The Kier molecular flexibility index (Phi) is 5.19. The Balaban J connectivity index is 0.00000161. The molecule has 0 bridgehead atoms. The van der Waals surface area contributed by atoms with Crippen LogP contribution in [0.25, 0.3) is 0 Å². The number of nitro groups is 1. The summed E-state index contributed by atoms with van der Waals surface area (Å²) in [5, 5.41) is 14.6. The molecule has 1 aromatic rings. The predicted octanol–water partition coefficient (Wildman–Crippen LogP) is 2.51. The van der Waals surface area contributed by atoms with E-state index in [1.54, 1.807) is 12.1 Å². The molecule has 2 fully saturated rings. The molecule has 5 nitrogen and oxygen atoms in total. The molecule has 2 atom stereocenters. The number of rotatable bonds is 3. The first-order chi connectivity index (χ1) is 9.65. The van der Waals surface area contributed by atoms with E-state index in [1.807, 2.05) is 13.0 Å². The Morgan fingerprint density at radius 2 is 2.24 bits per heavy atom. The van der Waals surface area contributed by atoms with Crippen LogP contribution >= 0.6 is 12.4 Å². The van der Waals surface area contributed by atoms with E-state index >= 15 is 0 Å². The van der Waals surface area contributed by atoms with Crippen molar-refractivity contribution in [1.82, 2.24) is 10.2 Å². The van der Waals surface area contributed by atoms with E-state index in [9.17, 15) is 10.1 Å². The van der Waals surface area contributed by atoms with Gasteiger partial charge in [-0.25, -0.2) is 0 Å². The lowest BCUT2D eigenvalue weighted by molar-refractivity contribution is -0.385. The van der Waals surface area contributed by atoms with Crippen molar-refractivity contribution in [2.45, 2.75) is 32.4 Å². The molecule has 2 heterocycles. The summed E-state index contributed by atoms with van der Waals surface area (Å²) in [4.78, 5) is 13.2. The Hall–Kier alpha value is -1.17. The molecule has 3 rings (SSSR count). The normalized spacial score (nSPS) is 25.2. The molecular formula is C15H22ClN3O2. The molecule has 2 unspecified atom stereocenters. The molecule has 1 aromatic carbocycles. The minimum atomic E-state index is -0.286. The quantitative estimate of drug-likeness (QED) is 0.688. The SMILES string of the molecule is Cc1c(CN2CCC3NCCC3C2)cccc1[N+](=O)[O-].Cl. The fourth-order valence-corrected chi connectivity index (χ4v) is 3.55. The number of fused-ring (bicyclic) bond motifs is 1. The maximum absolute atomic E-state index is 11.0. The number of nitrogens with one attached hydrogen (secondary N) is 1. The van der Waals surface area contributed by atoms with Crippen molar-refractivity contribution in [3.63, 3.8) is 0 Å². The average molecular weight is 312 g/mol. The van der Waals surface area contributed by atoms with Crippen molar-refractivity contribution in [2.75, 3.05) is 19.6 Å². The zero-order chi connectivity index (χ0) is 14.1. The highest BCUT2D eigenvalue weighted by molar-refractivity contribution is 5.85. The number of hydrogen-bond acceptors (Lipinski definition) is 4. The fourth-order valence-electron chi connectivity index (χ4n) is 3.55. The smallest absolute Gasteiger partial charge is 0.272 e. The van der Waals surface area contributed by atoms with Crippen LogP contribution < -0.4 is 5.32 Å². The molecule has 116 valence electrons. The maximum atomic E-state index is 11.0. The summed E-state index contributed by atoms with van der Waals surface area (Å²) in [5.41, 5.74) is 2.13. The molecule has 21 heavy (non-hydrogen) atoms. The molecule has 2 aliphatic heterocycles. The van der Waals surface area contributed by atoms with Crippen molar-refractivity contribution < 1.29 is 4.92 Å². The maximum Gasteiger partial charge on any atom is 0.272 e. The van der Waals surface area contributed by atoms with Crippen LogP contribution in [0, 0.1) is 23.0 Å². The largest absolute Gasteiger partial charge is 0.314 e. The number of nitrogens with zero attached hydrogens (tertiary/aromatic N) is 2. The minimum absolute atomic E-state index is 0. The van der Waals surface area contributed by atoms with Crippen LogP contribution in [0.2, 0.25) is 0 Å². The van der Waals surface area contributed by atoms with E-state index in [0.29, 0.717) is 6.04 Å². The number of halogens is 1. The summed E-state index contributed by atoms with van der Waals surface area (Å²) < 4.78 is 0. The third-order valence-electron chi connectivity index (χ3n) is 4.75. The topological polar surface area (TPSA) is 58.4 Å². The molecular weight excluding hydrogens is 290 g/mol. The van der Waals surface area contributed by atoms with Crippen molar-refractivity contribution in [2.24, 2.45) is 5.92 Å². The highest BCUT2D eigenvalue weighted by Gasteiger charge is 2.32. The molecule has 0 aromatic heterocycles. The Bertz CT molecular complexity index is 524. The van der Waals surface area contributed by atoms with Crippen LogP contribution in [-0.4, -0.2) is 35.5 Å². The van der Waals surface area contributed by atoms with Gasteiger partial charge in [-0.15, -0.1) is 12.4 Å². The van der Waals surface area contributed by atoms with E-state index in [2.05, 4.69) is 10.2 Å². The van der Waals surface area contributed by atoms with Gasteiger partial charge in [-0.1, -0.05) is 12.1 Å². The van der Waals surface area contributed by atoms with Crippen LogP contribution in [0.15, 0.2) is 18.2 Å². The highest BCUT2D eigenvalue weighted by Crippen LogP contribution is 2.27. The van der Waals surface area contributed by atoms with E-state index < -0.39 is 0 Å². The van der Waals surface area contributed by atoms with Crippen molar-refractivity contribution in [3.8, 4) is 0 Å². The lowest BCUT2D eigenvalue weighted by atomic mass is 9.93. The van der Waals surface area contributed by atoms with Gasteiger partial charge < -0.3 is 5.32 Å². The molecule has 2 aliphatic rings. The fraction of sp³-hybridized carbons (Fsp3) is 0.600. The van der Waals surface area contributed by atoms with Gasteiger partial charge in [0.1, 0.15) is 0 Å². The number of hydrogen-bond donors (Lipinski definition) is 1. The molecule has 0 amide bonds. The summed E-state index contributed by atoms with van der Waals surface area (Å²) in [6.45, 7) is 6.02. The van der Waals surface area contributed by atoms with Gasteiger partial charge in [0.05, 0.1) is 4.92 Å². The van der Waals surface area contributed by atoms with Gasteiger partial charge in [0.15, 0.2) is 0 Å². The van der Waals surface area contributed by atoms with Gasteiger partial charge in [-0.05, 0) is 44.3 Å². The van der Waals surface area contributed by atoms with Gasteiger partial charge in [-0.3, -0.25) is 15.0 Å². The molecule has 2 saturated heterocycles. The first kappa shape index (κ1) is 16.2. The van der Waals surface area contributed by atoms with Gasteiger partial charge in [0.25, 0.3) is 5.69 Å². The van der Waals surface area contributed by atoms with Gasteiger partial charge in [-0.2, -0.15) is 0 Å². The van der Waals surface area contributed by atoms with Gasteiger partial charge in [0.2, 0.25) is 0 Å². The van der Waals surface area contributed by atoms with Crippen molar-refractivity contribution in [1.29, 1.82) is 0 Å². The minimum Gasteiger partial charge on any atom is -0.314 e. The lowest BCUT2D eigenvalue weighted by Gasteiger charge is -2.35. The van der Waals surface area contributed by atoms with E-state index in [1.165, 1.54) is 12.8 Å². The predicted molar refractivity (Wildman–Crippen MR) is 84.9 cm³/mol. The molecule has 0 spiro atoms. The first-order valence-electron chi connectivity index (χ1n) is 7.34. The number of benzene rings is 1. The Morgan fingerprint density at radius 1 is 1.43 bits per heavy atom.